The van der Waals surface area contributed by atoms with Crippen LogP contribution in [0.3, 0.4) is 0 Å². The molecule has 3 atom stereocenters. The van der Waals surface area contributed by atoms with Gasteiger partial charge in [-0.25, -0.2) is 4.79 Å². The van der Waals surface area contributed by atoms with Gasteiger partial charge in [-0.1, -0.05) is 74.0 Å². The van der Waals surface area contributed by atoms with Gasteiger partial charge >= 0.3 is 5.97 Å². The Hall–Kier alpha value is -2.46. The molecule has 0 bridgehead atoms. The summed E-state index contributed by atoms with van der Waals surface area (Å²) in [6, 6.07) is 19.6. The van der Waals surface area contributed by atoms with Crippen molar-refractivity contribution < 1.29 is 14.3 Å². The van der Waals surface area contributed by atoms with E-state index in [1.165, 1.54) is 0 Å². The average Bonchev–Trinajstić information content (AvgIpc) is 2.75. The number of carbonyl (C=O) groups is 1. The standard InChI is InChI=1S/C26H33NO3/c1-4-5-16-29-26(28)25(23-17-19(2)30-20(3)18-23)27-24(21-12-8-6-9-13-21)22-14-10-7-11-15-22/h6-15,19-20,23,25H,4-5,16-18H2,1-3H3/t19-,20-,25-/m1/s1. The highest BCUT2D eigenvalue weighted by molar-refractivity contribution is 6.13. The minimum atomic E-state index is -0.536. The smallest absolute Gasteiger partial charge is 0.331 e. The summed E-state index contributed by atoms with van der Waals surface area (Å²) in [4.78, 5) is 18.2. The van der Waals surface area contributed by atoms with Gasteiger partial charge in [-0.3, -0.25) is 4.99 Å². The molecule has 3 rings (SSSR count). The van der Waals surface area contributed by atoms with Crippen molar-refractivity contribution >= 4 is 11.7 Å². The molecule has 0 spiro atoms. The molecule has 1 saturated heterocycles. The second-order valence-electron chi connectivity index (χ2n) is 8.16. The van der Waals surface area contributed by atoms with Crippen LogP contribution in [0.1, 0.15) is 57.6 Å². The van der Waals surface area contributed by atoms with Crippen LogP contribution in [0.4, 0.5) is 0 Å². The molecule has 4 heteroatoms. The van der Waals surface area contributed by atoms with E-state index < -0.39 is 6.04 Å². The van der Waals surface area contributed by atoms with Gasteiger partial charge in [0.2, 0.25) is 0 Å². The van der Waals surface area contributed by atoms with Crippen molar-refractivity contribution in [2.45, 2.75) is 64.7 Å². The second kappa shape index (κ2) is 11.1. The molecule has 2 aromatic rings. The van der Waals surface area contributed by atoms with Gasteiger partial charge in [0, 0.05) is 11.1 Å². The maximum absolute atomic E-state index is 13.2. The van der Waals surface area contributed by atoms with E-state index in [2.05, 4.69) is 20.8 Å². The molecule has 0 radical (unpaired) electrons. The van der Waals surface area contributed by atoms with Gasteiger partial charge < -0.3 is 9.47 Å². The van der Waals surface area contributed by atoms with Crippen molar-refractivity contribution in [3.63, 3.8) is 0 Å². The first kappa shape index (κ1) is 22.2. The summed E-state index contributed by atoms with van der Waals surface area (Å²) >= 11 is 0. The largest absolute Gasteiger partial charge is 0.464 e. The zero-order valence-electron chi connectivity index (χ0n) is 18.3. The number of carbonyl (C=O) groups excluding carboxylic acids is 1. The Morgan fingerprint density at radius 2 is 1.53 bits per heavy atom. The van der Waals surface area contributed by atoms with Gasteiger partial charge in [-0.15, -0.1) is 0 Å². The molecule has 30 heavy (non-hydrogen) atoms. The SMILES string of the molecule is CCCCOC(=O)[C@H](N=C(c1ccccc1)c1ccccc1)C1C[C@@H](C)O[C@H](C)C1. The third-order valence-corrected chi connectivity index (χ3v) is 5.53. The van der Waals surface area contributed by atoms with Crippen molar-refractivity contribution in [1.82, 2.24) is 0 Å². The van der Waals surface area contributed by atoms with Crippen LogP contribution in [-0.4, -0.2) is 36.5 Å². The molecule has 0 saturated carbocycles. The van der Waals surface area contributed by atoms with Gasteiger partial charge in [-0.2, -0.15) is 0 Å². The van der Waals surface area contributed by atoms with E-state index in [0.29, 0.717) is 6.61 Å². The summed E-state index contributed by atoms with van der Waals surface area (Å²) in [5.41, 5.74) is 2.84. The first-order valence-corrected chi connectivity index (χ1v) is 11.1. The Bertz CT molecular complexity index is 767. The zero-order valence-corrected chi connectivity index (χ0v) is 18.3. The van der Waals surface area contributed by atoms with Gasteiger partial charge in [0.05, 0.1) is 24.5 Å². The van der Waals surface area contributed by atoms with E-state index in [1.807, 2.05) is 60.7 Å². The number of unbranched alkanes of at least 4 members (excludes halogenated alkanes) is 1. The number of rotatable bonds is 8. The van der Waals surface area contributed by atoms with Gasteiger partial charge in [0.15, 0.2) is 6.04 Å². The van der Waals surface area contributed by atoms with E-state index >= 15 is 0 Å². The predicted octanol–water partition coefficient (Wildman–Crippen LogP) is 5.44. The van der Waals surface area contributed by atoms with E-state index in [4.69, 9.17) is 14.5 Å². The topological polar surface area (TPSA) is 47.9 Å². The summed E-state index contributed by atoms with van der Waals surface area (Å²) in [6.07, 6.45) is 3.68. The van der Waals surface area contributed by atoms with E-state index in [0.717, 1.165) is 42.5 Å². The van der Waals surface area contributed by atoms with Crippen LogP contribution in [0, 0.1) is 5.92 Å². The number of hydrogen-bond donors (Lipinski definition) is 0. The number of aliphatic imine (C=N–C) groups is 1. The van der Waals surface area contributed by atoms with Crippen molar-refractivity contribution in [3.8, 4) is 0 Å². The molecule has 0 aromatic heterocycles. The fourth-order valence-electron chi connectivity index (χ4n) is 4.11. The Kier molecular flexibility index (Phi) is 8.21. The summed E-state index contributed by atoms with van der Waals surface area (Å²) in [5.74, 6) is -0.126. The van der Waals surface area contributed by atoms with Crippen molar-refractivity contribution in [1.29, 1.82) is 0 Å². The third kappa shape index (κ3) is 6.02. The van der Waals surface area contributed by atoms with Crippen LogP contribution < -0.4 is 0 Å². The lowest BCUT2D eigenvalue weighted by Crippen LogP contribution is -2.39. The number of nitrogens with zero attached hydrogens (tertiary/aromatic N) is 1. The summed E-state index contributed by atoms with van der Waals surface area (Å²) in [5, 5.41) is 0. The molecule has 160 valence electrons. The molecule has 1 aliphatic rings. The number of hydrogen-bond acceptors (Lipinski definition) is 4. The fourth-order valence-corrected chi connectivity index (χ4v) is 4.11. The van der Waals surface area contributed by atoms with Gasteiger partial charge in [0.1, 0.15) is 0 Å². The maximum atomic E-state index is 13.2. The molecule has 1 fully saturated rings. The van der Waals surface area contributed by atoms with Crippen LogP contribution >= 0.6 is 0 Å². The zero-order chi connectivity index (χ0) is 21.3. The van der Waals surface area contributed by atoms with Crippen molar-refractivity contribution in [2.24, 2.45) is 10.9 Å². The molecule has 1 heterocycles. The fraction of sp³-hybridized carbons (Fsp3) is 0.462. The van der Waals surface area contributed by atoms with Crippen LogP contribution in [0.15, 0.2) is 65.7 Å². The molecule has 1 aliphatic heterocycles. The maximum Gasteiger partial charge on any atom is 0.331 e. The first-order valence-electron chi connectivity index (χ1n) is 11.1. The molecule has 0 amide bonds. The van der Waals surface area contributed by atoms with Crippen LogP contribution in [0.5, 0.6) is 0 Å². The predicted molar refractivity (Wildman–Crippen MR) is 121 cm³/mol. The lowest BCUT2D eigenvalue weighted by molar-refractivity contribution is -0.148. The highest BCUT2D eigenvalue weighted by atomic mass is 16.5. The summed E-state index contributed by atoms with van der Waals surface area (Å²) < 4.78 is 11.6. The molecule has 2 aromatic carbocycles. The Labute approximate surface area is 180 Å². The van der Waals surface area contributed by atoms with Crippen molar-refractivity contribution in [2.75, 3.05) is 6.61 Å². The molecule has 0 aliphatic carbocycles. The van der Waals surface area contributed by atoms with Crippen LogP contribution in [0.25, 0.3) is 0 Å². The van der Waals surface area contributed by atoms with Crippen LogP contribution in [-0.2, 0) is 14.3 Å². The van der Waals surface area contributed by atoms with Gasteiger partial charge in [-0.05, 0) is 39.0 Å². The van der Waals surface area contributed by atoms with E-state index in [9.17, 15) is 4.79 Å². The molecular formula is C26H33NO3. The second-order valence-corrected chi connectivity index (χ2v) is 8.16. The molecule has 0 N–H and O–H groups in total. The third-order valence-electron chi connectivity index (χ3n) is 5.53. The molecular weight excluding hydrogens is 374 g/mol. The average molecular weight is 408 g/mol. The minimum absolute atomic E-state index is 0.0975. The van der Waals surface area contributed by atoms with E-state index in [-0.39, 0.29) is 24.1 Å². The van der Waals surface area contributed by atoms with Crippen LogP contribution in [0.2, 0.25) is 0 Å². The first-order chi connectivity index (χ1) is 14.6. The summed E-state index contributed by atoms with van der Waals surface area (Å²) in [6.45, 7) is 6.68. The van der Waals surface area contributed by atoms with Crippen molar-refractivity contribution in [3.05, 3.63) is 71.8 Å². The Balaban J connectivity index is 2.00. The van der Waals surface area contributed by atoms with E-state index in [1.54, 1.807) is 0 Å². The molecule has 0 unspecified atom stereocenters. The summed E-state index contributed by atoms with van der Waals surface area (Å²) in [7, 11) is 0. The molecule has 4 nitrogen and oxygen atoms in total. The Morgan fingerprint density at radius 3 is 2.03 bits per heavy atom. The number of esters is 1. The highest BCUT2D eigenvalue weighted by Crippen LogP contribution is 2.30. The lowest BCUT2D eigenvalue weighted by atomic mass is 9.86. The number of ether oxygens (including phenoxy) is 2. The monoisotopic (exact) mass is 407 g/mol. The van der Waals surface area contributed by atoms with Gasteiger partial charge in [0.25, 0.3) is 0 Å². The number of benzene rings is 2. The minimum Gasteiger partial charge on any atom is -0.464 e. The highest BCUT2D eigenvalue weighted by Gasteiger charge is 2.36. The quantitative estimate of drug-likeness (QED) is 0.333. The lowest BCUT2D eigenvalue weighted by Gasteiger charge is -2.34. The normalized spacial score (nSPS) is 22.2. The Morgan fingerprint density at radius 1 is 1.00 bits per heavy atom.